The number of hydrogen-bond acceptors (Lipinski definition) is 3. The van der Waals surface area contributed by atoms with Crippen molar-refractivity contribution in [1.82, 2.24) is 4.90 Å². The Hall–Kier alpha value is -2.62. The lowest BCUT2D eigenvalue weighted by Crippen LogP contribution is -2.38. The normalized spacial score (nSPS) is 13.3. The standard InChI is InChI=1S/C14H14FN3O3/c15-11-2-1-3-12(10(11)8-16)17-14(21)18(9-4-5-9)7-6-13(19)20/h1-3,9H,4-7H2,(H,17,21)(H,19,20). The number of carboxylic acids is 1. The SMILES string of the molecule is N#Cc1c(F)cccc1NC(=O)N(CCC(=O)O)C1CC1. The number of amides is 2. The monoisotopic (exact) mass is 291 g/mol. The second kappa shape index (κ2) is 6.22. The molecule has 1 aromatic rings. The molecule has 21 heavy (non-hydrogen) atoms. The zero-order valence-electron chi connectivity index (χ0n) is 11.2. The molecular formula is C14H14FN3O3. The fourth-order valence-electron chi connectivity index (χ4n) is 1.98. The number of nitrogens with one attached hydrogen (secondary N) is 1. The summed E-state index contributed by atoms with van der Waals surface area (Å²) in [5.74, 6) is -1.70. The Balaban J connectivity index is 2.10. The largest absolute Gasteiger partial charge is 0.481 e. The molecule has 0 atom stereocenters. The summed E-state index contributed by atoms with van der Waals surface area (Å²) in [5.41, 5.74) is -0.150. The van der Waals surface area contributed by atoms with Gasteiger partial charge in [0.2, 0.25) is 0 Å². The molecular weight excluding hydrogens is 277 g/mol. The summed E-state index contributed by atoms with van der Waals surface area (Å²) >= 11 is 0. The van der Waals surface area contributed by atoms with E-state index in [2.05, 4.69) is 5.32 Å². The molecule has 0 radical (unpaired) electrons. The molecule has 1 aromatic carbocycles. The topological polar surface area (TPSA) is 93.4 Å². The van der Waals surface area contributed by atoms with Crippen LogP contribution in [0, 0.1) is 17.1 Å². The van der Waals surface area contributed by atoms with Crippen LogP contribution >= 0.6 is 0 Å². The molecule has 0 aliphatic heterocycles. The van der Waals surface area contributed by atoms with Gasteiger partial charge in [0.25, 0.3) is 0 Å². The lowest BCUT2D eigenvalue weighted by atomic mass is 10.2. The number of nitrogens with zero attached hydrogens (tertiary/aromatic N) is 2. The molecule has 0 heterocycles. The van der Waals surface area contributed by atoms with Crippen LogP contribution in [0.4, 0.5) is 14.9 Å². The maximum atomic E-state index is 13.5. The van der Waals surface area contributed by atoms with Gasteiger partial charge in [0.15, 0.2) is 0 Å². The molecule has 2 rings (SSSR count). The molecule has 6 nitrogen and oxygen atoms in total. The van der Waals surface area contributed by atoms with Crippen molar-refractivity contribution in [2.45, 2.75) is 25.3 Å². The third kappa shape index (κ3) is 3.69. The lowest BCUT2D eigenvalue weighted by Gasteiger charge is -2.22. The molecule has 0 bridgehead atoms. The van der Waals surface area contributed by atoms with Crippen molar-refractivity contribution in [3.8, 4) is 6.07 Å². The number of carbonyl (C=O) groups excluding carboxylic acids is 1. The maximum Gasteiger partial charge on any atom is 0.322 e. The molecule has 0 unspecified atom stereocenters. The number of carboxylic acid groups (broad SMARTS) is 1. The smallest absolute Gasteiger partial charge is 0.322 e. The highest BCUT2D eigenvalue weighted by Gasteiger charge is 2.33. The third-order valence-corrected chi connectivity index (χ3v) is 3.18. The van der Waals surface area contributed by atoms with E-state index in [1.807, 2.05) is 0 Å². The van der Waals surface area contributed by atoms with Crippen LogP contribution in [0.15, 0.2) is 18.2 Å². The Labute approximate surface area is 120 Å². The summed E-state index contributed by atoms with van der Waals surface area (Å²) in [6.07, 6.45) is 1.49. The van der Waals surface area contributed by atoms with Crippen LogP contribution in [0.25, 0.3) is 0 Å². The van der Waals surface area contributed by atoms with Gasteiger partial charge >= 0.3 is 12.0 Å². The fraction of sp³-hybridized carbons (Fsp3) is 0.357. The van der Waals surface area contributed by atoms with E-state index in [4.69, 9.17) is 10.4 Å². The van der Waals surface area contributed by atoms with E-state index in [0.717, 1.165) is 18.9 Å². The summed E-state index contributed by atoms with van der Waals surface area (Å²) in [4.78, 5) is 24.2. The average molecular weight is 291 g/mol. The van der Waals surface area contributed by atoms with Crippen LogP contribution in [0.2, 0.25) is 0 Å². The van der Waals surface area contributed by atoms with Crippen molar-refractivity contribution in [2.75, 3.05) is 11.9 Å². The first kappa shape index (κ1) is 14.8. The molecule has 1 aliphatic carbocycles. The maximum absolute atomic E-state index is 13.5. The molecule has 110 valence electrons. The fourth-order valence-corrected chi connectivity index (χ4v) is 1.98. The Bertz CT molecular complexity index is 608. The van der Waals surface area contributed by atoms with Crippen molar-refractivity contribution in [2.24, 2.45) is 0 Å². The van der Waals surface area contributed by atoms with Crippen molar-refractivity contribution in [3.05, 3.63) is 29.6 Å². The quantitative estimate of drug-likeness (QED) is 0.869. The number of benzene rings is 1. The zero-order valence-corrected chi connectivity index (χ0v) is 11.2. The van der Waals surface area contributed by atoms with Crippen molar-refractivity contribution < 1.29 is 19.1 Å². The van der Waals surface area contributed by atoms with E-state index >= 15 is 0 Å². The number of nitriles is 1. The highest BCUT2D eigenvalue weighted by Crippen LogP contribution is 2.28. The van der Waals surface area contributed by atoms with E-state index in [1.165, 1.54) is 17.0 Å². The molecule has 2 amide bonds. The third-order valence-electron chi connectivity index (χ3n) is 3.18. The van der Waals surface area contributed by atoms with Gasteiger partial charge in [-0.05, 0) is 25.0 Å². The number of halogens is 1. The number of hydrogen-bond donors (Lipinski definition) is 2. The highest BCUT2D eigenvalue weighted by molar-refractivity contribution is 5.91. The van der Waals surface area contributed by atoms with Crippen LogP contribution in [0.5, 0.6) is 0 Å². The Morgan fingerprint density at radius 3 is 2.76 bits per heavy atom. The van der Waals surface area contributed by atoms with Gasteiger partial charge in [-0.3, -0.25) is 4.79 Å². The molecule has 7 heteroatoms. The first-order valence-corrected chi connectivity index (χ1v) is 6.51. The van der Waals surface area contributed by atoms with Crippen molar-refractivity contribution >= 4 is 17.7 Å². The van der Waals surface area contributed by atoms with Crippen molar-refractivity contribution in [1.29, 1.82) is 5.26 Å². The molecule has 0 saturated heterocycles. The minimum Gasteiger partial charge on any atom is -0.481 e. The summed E-state index contributed by atoms with van der Waals surface area (Å²) in [6.45, 7) is 0.0863. The van der Waals surface area contributed by atoms with Crippen molar-refractivity contribution in [3.63, 3.8) is 0 Å². The van der Waals surface area contributed by atoms with Crippen LogP contribution in [0.1, 0.15) is 24.8 Å². The second-order valence-corrected chi connectivity index (χ2v) is 4.77. The van der Waals surface area contributed by atoms with E-state index in [0.29, 0.717) is 0 Å². The predicted octanol–water partition coefficient (Wildman–Crippen LogP) is 2.17. The molecule has 0 spiro atoms. The van der Waals surface area contributed by atoms with Gasteiger partial charge < -0.3 is 15.3 Å². The van der Waals surface area contributed by atoms with Gasteiger partial charge in [0.1, 0.15) is 17.4 Å². The molecule has 1 aliphatic rings. The summed E-state index contributed by atoms with van der Waals surface area (Å²) < 4.78 is 13.5. The first-order chi connectivity index (χ1) is 10.0. The predicted molar refractivity (Wildman–Crippen MR) is 72.1 cm³/mol. The van der Waals surface area contributed by atoms with Crippen LogP contribution in [-0.2, 0) is 4.79 Å². The van der Waals surface area contributed by atoms with E-state index < -0.39 is 17.8 Å². The number of urea groups is 1. The van der Waals surface area contributed by atoms with Gasteiger partial charge in [0.05, 0.1) is 12.1 Å². The van der Waals surface area contributed by atoms with Crippen LogP contribution in [-0.4, -0.2) is 34.6 Å². The summed E-state index contributed by atoms with van der Waals surface area (Å²) in [6, 6.07) is 5.17. The second-order valence-electron chi connectivity index (χ2n) is 4.77. The van der Waals surface area contributed by atoms with Gasteiger partial charge in [-0.2, -0.15) is 5.26 Å². The Morgan fingerprint density at radius 1 is 1.48 bits per heavy atom. The first-order valence-electron chi connectivity index (χ1n) is 6.51. The van der Waals surface area contributed by atoms with E-state index in [-0.39, 0.29) is 30.3 Å². The minimum atomic E-state index is -0.989. The molecule has 2 N–H and O–H groups in total. The summed E-state index contributed by atoms with van der Waals surface area (Å²) in [5, 5.41) is 20.1. The molecule has 1 fully saturated rings. The van der Waals surface area contributed by atoms with Crippen LogP contribution < -0.4 is 5.32 Å². The highest BCUT2D eigenvalue weighted by atomic mass is 19.1. The van der Waals surface area contributed by atoms with E-state index in [1.54, 1.807) is 6.07 Å². The van der Waals surface area contributed by atoms with Gasteiger partial charge in [-0.1, -0.05) is 6.07 Å². The Morgan fingerprint density at radius 2 is 2.19 bits per heavy atom. The van der Waals surface area contributed by atoms with Gasteiger partial charge in [-0.25, -0.2) is 9.18 Å². The minimum absolute atomic E-state index is 0.0171. The molecule has 0 aromatic heterocycles. The van der Waals surface area contributed by atoms with Crippen LogP contribution in [0.3, 0.4) is 0 Å². The number of rotatable bonds is 5. The number of anilines is 1. The number of aliphatic carboxylic acids is 1. The zero-order chi connectivity index (χ0) is 15.4. The van der Waals surface area contributed by atoms with Gasteiger partial charge in [0, 0.05) is 12.6 Å². The van der Waals surface area contributed by atoms with E-state index in [9.17, 15) is 14.0 Å². The number of carbonyl (C=O) groups is 2. The van der Waals surface area contributed by atoms with Gasteiger partial charge in [-0.15, -0.1) is 0 Å². The average Bonchev–Trinajstić information content (AvgIpc) is 3.23. The summed E-state index contributed by atoms with van der Waals surface area (Å²) in [7, 11) is 0. The lowest BCUT2D eigenvalue weighted by molar-refractivity contribution is -0.137. The Kier molecular flexibility index (Phi) is 4.38. The molecule has 1 saturated carbocycles.